The fourth-order valence-electron chi connectivity index (χ4n) is 3.50. The molecule has 0 radical (unpaired) electrons. The zero-order valence-electron chi connectivity index (χ0n) is 18.1. The minimum absolute atomic E-state index is 0.0373. The van der Waals surface area contributed by atoms with Gasteiger partial charge in [-0.2, -0.15) is 5.26 Å². The molecule has 1 heterocycles. The third-order valence-electron chi connectivity index (χ3n) is 5.28. The Morgan fingerprint density at radius 3 is 2.18 bits per heavy atom. The maximum absolute atomic E-state index is 13.6. The van der Waals surface area contributed by atoms with Crippen molar-refractivity contribution in [2.24, 2.45) is 5.14 Å². The molecule has 0 fully saturated rings. The molecule has 2 N–H and O–H groups in total. The summed E-state index contributed by atoms with van der Waals surface area (Å²) in [6.07, 6.45) is -0.373. The first kappa shape index (κ1) is 23.1. The SMILES string of the molecule is CC(Oc1nc(-c2ccc(F)cc2)c(-c2ccc(S(N)(=O)=O)cc2)cc1C#N)c1ccccc1. The van der Waals surface area contributed by atoms with Gasteiger partial charge in [0, 0.05) is 11.1 Å². The molecular weight excluding hydrogens is 453 g/mol. The number of hydrogen-bond donors (Lipinski definition) is 1. The van der Waals surface area contributed by atoms with Crippen molar-refractivity contribution in [2.75, 3.05) is 0 Å². The minimum atomic E-state index is -3.86. The summed E-state index contributed by atoms with van der Waals surface area (Å²) in [6, 6.07) is 25.0. The number of nitriles is 1. The molecule has 1 unspecified atom stereocenters. The van der Waals surface area contributed by atoms with Gasteiger partial charge in [0.1, 0.15) is 23.6 Å². The van der Waals surface area contributed by atoms with Gasteiger partial charge < -0.3 is 4.74 Å². The zero-order valence-corrected chi connectivity index (χ0v) is 19.0. The van der Waals surface area contributed by atoms with Crippen LogP contribution in [0.25, 0.3) is 22.4 Å². The van der Waals surface area contributed by atoms with Crippen molar-refractivity contribution in [1.82, 2.24) is 4.98 Å². The molecule has 0 aliphatic heterocycles. The molecule has 0 bridgehead atoms. The lowest BCUT2D eigenvalue weighted by Gasteiger charge is -2.18. The lowest BCUT2D eigenvalue weighted by atomic mass is 9.97. The summed E-state index contributed by atoms with van der Waals surface area (Å²) < 4.78 is 42.9. The molecule has 34 heavy (non-hydrogen) atoms. The first-order valence-electron chi connectivity index (χ1n) is 10.3. The molecule has 0 amide bonds. The topological polar surface area (TPSA) is 106 Å². The summed E-state index contributed by atoms with van der Waals surface area (Å²) >= 11 is 0. The van der Waals surface area contributed by atoms with Crippen molar-refractivity contribution in [3.63, 3.8) is 0 Å². The summed E-state index contributed by atoms with van der Waals surface area (Å²) in [5.74, 6) is -0.256. The van der Waals surface area contributed by atoms with Crippen LogP contribution >= 0.6 is 0 Å². The van der Waals surface area contributed by atoms with E-state index in [1.54, 1.807) is 30.3 Å². The summed E-state index contributed by atoms with van der Waals surface area (Å²) in [5.41, 5.74) is 3.35. The van der Waals surface area contributed by atoms with Gasteiger partial charge in [-0.15, -0.1) is 0 Å². The van der Waals surface area contributed by atoms with Gasteiger partial charge in [0.2, 0.25) is 15.9 Å². The quantitative estimate of drug-likeness (QED) is 0.414. The minimum Gasteiger partial charge on any atom is -0.469 e. The number of aromatic nitrogens is 1. The van der Waals surface area contributed by atoms with Crippen LogP contribution in [0.4, 0.5) is 4.39 Å². The molecular formula is C26H20FN3O3S. The van der Waals surface area contributed by atoms with E-state index in [4.69, 9.17) is 9.88 Å². The summed E-state index contributed by atoms with van der Waals surface area (Å²) in [6.45, 7) is 1.86. The fraction of sp³-hybridized carbons (Fsp3) is 0.0769. The monoisotopic (exact) mass is 473 g/mol. The van der Waals surface area contributed by atoms with Gasteiger partial charge in [-0.25, -0.2) is 22.9 Å². The van der Waals surface area contributed by atoms with E-state index in [1.807, 2.05) is 37.3 Å². The van der Waals surface area contributed by atoms with E-state index >= 15 is 0 Å². The Hall–Kier alpha value is -4.06. The first-order chi connectivity index (χ1) is 16.3. The molecule has 170 valence electrons. The smallest absolute Gasteiger partial charge is 0.238 e. The third kappa shape index (κ3) is 4.96. The number of rotatable bonds is 6. The van der Waals surface area contributed by atoms with E-state index in [0.717, 1.165) is 5.56 Å². The number of hydrogen-bond acceptors (Lipinski definition) is 5. The van der Waals surface area contributed by atoms with Gasteiger partial charge in [0.25, 0.3) is 0 Å². The normalized spacial score (nSPS) is 12.1. The highest BCUT2D eigenvalue weighted by Crippen LogP contribution is 2.36. The summed E-state index contributed by atoms with van der Waals surface area (Å²) in [5, 5.41) is 15.0. The predicted octanol–water partition coefficient (Wildman–Crippen LogP) is 5.21. The van der Waals surface area contributed by atoms with Gasteiger partial charge in [-0.1, -0.05) is 42.5 Å². The average molecular weight is 474 g/mol. The van der Waals surface area contributed by atoms with E-state index in [1.165, 1.54) is 24.3 Å². The number of primary sulfonamides is 1. The largest absolute Gasteiger partial charge is 0.469 e. The van der Waals surface area contributed by atoms with Crippen molar-refractivity contribution < 1.29 is 17.5 Å². The highest BCUT2D eigenvalue weighted by Gasteiger charge is 2.19. The van der Waals surface area contributed by atoms with Crippen LogP contribution < -0.4 is 9.88 Å². The van der Waals surface area contributed by atoms with Gasteiger partial charge >= 0.3 is 0 Å². The van der Waals surface area contributed by atoms with Crippen molar-refractivity contribution in [2.45, 2.75) is 17.9 Å². The van der Waals surface area contributed by atoms with Crippen LogP contribution in [-0.4, -0.2) is 13.4 Å². The van der Waals surface area contributed by atoms with Crippen LogP contribution in [-0.2, 0) is 10.0 Å². The predicted molar refractivity (Wildman–Crippen MR) is 127 cm³/mol. The van der Waals surface area contributed by atoms with Gasteiger partial charge in [-0.05, 0) is 60.5 Å². The van der Waals surface area contributed by atoms with E-state index in [2.05, 4.69) is 11.1 Å². The van der Waals surface area contributed by atoms with E-state index in [0.29, 0.717) is 22.4 Å². The molecule has 0 aliphatic rings. The standard InChI is InChI=1S/C26H20FN3O3S/c1-17(18-5-3-2-4-6-18)33-26-21(16-28)15-24(19-9-13-23(14-10-19)34(29,31)32)25(30-26)20-7-11-22(27)12-8-20/h2-15,17H,1H3,(H2,29,31,32). The molecule has 4 aromatic rings. The van der Waals surface area contributed by atoms with E-state index < -0.39 is 15.8 Å². The Bertz CT molecular complexity index is 1470. The van der Waals surface area contributed by atoms with Crippen molar-refractivity contribution >= 4 is 10.0 Å². The van der Waals surface area contributed by atoms with Crippen molar-refractivity contribution in [3.05, 3.63) is 102 Å². The van der Waals surface area contributed by atoms with Gasteiger partial charge in [-0.3, -0.25) is 0 Å². The molecule has 4 rings (SSSR count). The van der Waals surface area contributed by atoms with Crippen LogP contribution in [0, 0.1) is 17.1 Å². The summed E-state index contributed by atoms with van der Waals surface area (Å²) in [7, 11) is -3.86. The lowest BCUT2D eigenvalue weighted by Crippen LogP contribution is -2.11. The van der Waals surface area contributed by atoms with Crippen molar-refractivity contribution in [3.8, 4) is 34.3 Å². The molecule has 1 atom stereocenters. The highest BCUT2D eigenvalue weighted by molar-refractivity contribution is 7.89. The Morgan fingerprint density at radius 2 is 1.59 bits per heavy atom. The number of sulfonamides is 1. The van der Waals surface area contributed by atoms with Crippen LogP contribution in [0.3, 0.4) is 0 Å². The zero-order chi connectivity index (χ0) is 24.3. The van der Waals surface area contributed by atoms with Gasteiger partial charge in [0.15, 0.2) is 0 Å². The van der Waals surface area contributed by atoms with Crippen molar-refractivity contribution in [1.29, 1.82) is 5.26 Å². The third-order valence-corrected chi connectivity index (χ3v) is 6.21. The van der Waals surface area contributed by atoms with Crippen LogP contribution in [0.1, 0.15) is 24.2 Å². The highest BCUT2D eigenvalue weighted by atomic mass is 32.2. The maximum Gasteiger partial charge on any atom is 0.238 e. The Labute approximate surface area is 197 Å². The lowest BCUT2D eigenvalue weighted by molar-refractivity contribution is 0.217. The number of nitrogens with two attached hydrogens (primary N) is 1. The Morgan fingerprint density at radius 1 is 0.971 bits per heavy atom. The van der Waals surface area contributed by atoms with Crippen LogP contribution in [0.15, 0.2) is 89.8 Å². The summed E-state index contributed by atoms with van der Waals surface area (Å²) in [4.78, 5) is 4.61. The van der Waals surface area contributed by atoms with Crippen LogP contribution in [0.5, 0.6) is 5.88 Å². The molecule has 0 aliphatic carbocycles. The second-order valence-electron chi connectivity index (χ2n) is 7.60. The number of ether oxygens (including phenoxy) is 1. The molecule has 6 nitrogen and oxygen atoms in total. The average Bonchev–Trinajstić information content (AvgIpc) is 2.84. The molecule has 0 spiro atoms. The number of nitrogens with zero attached hydrogens (tertiary/aromatic N) is 2. The number of halogens is 1. The number of benzene rings is 3. The van der Waals surface area contributed by atoms with Gasteiger partial charge in [0.05, 0.1) is 10.6 Å². The van der Waals surface area contributed by atoms with E-state index in [9.17, 15) is 18.1 Å². The second-order valence-corrected chi connectivity index (χ2v) is 9.16. The maximum atomic E-state index is 13.6. The second kappa shape index (κ2) is 9.43. The molecule has 8 heteroatoms. The fourth-order valence-corrected chi connectivity index (χ4v) is 4.01. The number of pyridine rings is 1. The van der Waals surface area contributed by atoms with E-state index in [-0.39, 0.29) is 22.4 Å². The molecule has 0 saturated heterocycles. The first-order valence-corrected chi connectivity index (χ1v) is 11.9. The molecule has 0 saturated carbocycles. The molecule has 3 aromatic carbocycles. The molecule has 1 aromatic heterocycles. The Balaban J connectivity index is 1.85. The Kier molecular flexibility index (Phi) is 6.41. The van der Waals surface area contributed by atoms with Crippen LogP contribution in [0.2, 0.25) is 0 Å².